The second kappa shape index (κ2) is 14.8. The number of rotatable bonds is 17. The number of anilines is 2. The first-order valence-electron chi connectivity index (χ1n) is 12.2. The molecule has 36 heavy (non-hydrogen) atoms. The lowest BCUT2D eigenvalue weighted by Gasteiger charge is -2.13. The number of carbonyl (C=O) groups is 1. The van der Waals surface area contributed by atoms with Crippen molar-refractivity contribution in [3.05, 3.63) is 47.9 Å². The van der Waals surface area contributed by atoms with Crippen molar-refractivity contribution in [1.82, 2.24) is 25.6 Å². The maximum Gasteiger partial charge on any atom is 0.222 e. The molecule has 0 saturated carbocycles. The summed E-state index contributed by atoms with van der Waals surface area (Å²) in [5.74, 6) is 0.731. The largest absolute Gasteiger partial charge is 0.383 e. The molecule has 0 aliphatic rings. The van der Waals surface area contributed by atoms with Gasteiger partial charge in [-0.2, -0.15) is 0 Å². The lowest BCUT2D eigenvalue weighted by molar-refractivity contribution is -0.122. The monoisotopic (exact) mass is 496 g/mol. The summed E-state index contributed by atoms with van der Waals surface area (Å²) in [6.45, 7) is 4.04. The number of H-pyrrole nitrogens is 1. The molecular weight excluding hydrogens is 460 g/mol. The number of nitrogens with zero attached hydrogens (tertiary/aromatic N) is 2. The SMILES string of the molecule is CNCCOCCOCCC(=O)NCCCCNc1ncnc(N)c1C(=N)c1cc2ccccc2[nH]1. The lowest BCUT2D eigenvalue weighted by Crippen LogP contribution is -2.26. The number of nitrogens with one attached hydrogen (secondary N) is 5. The third-order valence-electron chi connectivity index (χ3n) is 5.49. The molecule has 2 aromatic heterocycles. The number of para-hydroxylation sites is 1. The van der Waals surface area contributed by atoms with Gasteiger partial charge in [-0.05, 0) is 32.0 Å². The topological polar surface area (TPSA) is 163 Å². The van der Waals surface area contributed by atoms with E-state index < -0.39 is 0 Å². The van der Waals surface area contributed by atoms with Gasteiger partial charge in [-0.25, -0.2) is 9.97 Å². The zero-order valence-electron chi connectivity index (χ0n) is 20.7. The molecule has 1 aromatic carbocycles. The number of aromatic nitrogens is 3. The number of unbranched alkanes of at least 4 members (excludes halogenated alkanes) is 1. The van der Waals surface area contributed by atoms with Gasteiger partial charge in [-0.15, -0.1) is 0 Å². The normalized spacial score (nSPS) is 11.0. The number of nitrogen functional groups attached to an aromatic ring is 1. The number of benzene rings is 1. The highest BCUT2D eigenvalue weighted by molar-refractivity contribution is 6.16. The minimum atomic E-state index is -0.0308. The van der Waals surface area contributed by atoms with Crippen LogP contribution in [0.5, 0.6) is 0 Å². The number of amides is 1. The van der Waals surface area contributed by atoms with Gasteiger partial charge in [0.25, 0.3) is 0 Å². The van der Waals surface area contributed by atoms with E-state index in [2.05, 4.69) is 30.9 Å². The van der Waals surface area contributed by atoms with Crippen LogP contribution in [-0.2, 0) is 14.3 Å². The molecular formula is C25H36N8O3. The molecule has 2 heterocycles. The third kappa shape index (κ3) is 8.29. The Morgan fingerprint density at radius 2 is 1.83 bits per heavy atom. The number of carbonyl (C=O) groups excluding carboxylic acids is 1. The zero-order valence-corrected chi connectivity index (χ0v) is 20.7. The van der Waals surface area contributed by atoms with Crippen LogP contribution in [0, 0.1) is 5.41 Å². The molecule has 0 unspecified atom stereocenters. The van der Waals surface area contributed by atoms with Crippen LogP contribution in [0.15, 0.2) is 36.7 Å². The van der Waals surface area contributed by atoms with E-state index in [9.17, 15) is 4.79 Å². The van der Waals surface area contributed by atoms with Gasteiger partial charge in [-0.1, -0.05) is 18.2 Å². The maximum absolute atomic E-state index is 11.9. The number of hydrogen-bond acceptors (Lipinski definition) is 9. The average Bonchev–Trinajstić information content (AvgIpc) is 3.32. The van der Waals surface area contributed by atoms with Crippen LogP contribution in [0.25, 0.3) is 10.9 Å². The molecule has 3 aromatic rings. The van der Waals surface area contributed by atoms with Crippen molar-refractivity contribution in [3.8, 4) is 0 Å². The molecule has 0 spiro atoms. The summed E-state index contributed by atoms with van der Waals surface area (Å²) >= 11 is 0. The summed E-state index contributed by atoms with van der Waals surface area (Å²) < 4.78 is 10.8. The first kappa shape index (κ1) is 27.1. The fraction of sp³-hybridized carbons (Fsp3) is 0.440. The standard InChI is InChI=1S/C25H36N8O3/c1-28-11-13-36-15-14-35-12-8-21(34)29-9-4-5-10-30-25-22(24(27)31-17-32-25)23(26)20-16-18-6-2-3-7-19(18)33-20/h2-3,6-7,16-17,26,28,33H,4-5,8-15H2,1H3,(H,29,34)(H3,27,30,31,32). The van der Waals surface area contributed by atoms with Crippen LogP contribution in [-0.4, -0.2) is 79.7 Å². The molecule has 7 N–H and O–H groups in total. The van der Waals surface area contributed by atoms with Crippen LogP contribution in [0.1, 0.15) is 30.5 Å². The second-order valence-corrected chi connectivity index (χ2v) is 8.19. The molecule has 11 heteroatoms. The van der Waals surface area contributed by atoms with Crippen molar-refractivity contribution in [3.63, 3.8) is 0 Å². The fourth-order valence-electron chi connectivity index (χ4n) is 3.56. The number of fused-ring (bicyclic) bond motifs is 1. The summed E-state index contributed by atoms with van der Waals surface area (Å²) in [7, 11) is 1.87. The van der Waals surface area contributed by atoms with Gasteiger partial charge in [0.2, 0.25) is 5.91 Å². The van der Waals surface area contributed by atoms with Gasteiger partial charge < -0.3 is 36.1 Å². The molecule has 0 bridgehead atoms. The first-order valence-corrected chi connectivity index (χ1v) is 12.2. The van der Waals surface area contributed by atoms with Gasteiger partial charge in [0, 0.05) is 37.0 Å². The third-order valence-corrected chi connectivity index (χ3v) is 5.49. The summed E-state index contributed by atoms with van der Waals surface area (Å²) in [5, 5.41) is 18.9. The quantitative estimate of drug-likeness (QED) is 0.122. The van der Waals surface area contributed by atoms with Crippen molar-refractivity contribution in [2.45, 2.75) is 19.3 Å². The molecule has 1 amide bonds. The number of hydrogen-bond donors (Lipinski definition) is 6. The van der Waals surface area contributed by atoms with Crippen LogP contribution < -0.4 is 21.7 Å². The Morgan fingerprint density at radius 1 is 1.06 bits per heavy atom. The molecule has 0 aliphatic heterocycles. The van der Waals surface area contributed by atoms with Gasteiger partial charge in [-0.3, -0.25) is 10.2 Å². The zero-order chi connectivity index (χ0) is 25.6. The highest BCUT2D eigenvalue weighted by Crippen LogP contribution is 2.23. The van der Waals surface area contributed by atoms with E-state index in [-0.39, 0.29) is 17.4 Å². The van der Waals surface area contributed by atoms with Crippen LogP contribution in [0.4, 0.5) is 11.6 Å². The first-order chi connectivity index (χ1) is 17.6. The lowest BCUT2D eigenvalue weighted by atomic mass is 10.1. The van der Waals surface area contributed by atoms with Crippen molar-refractivity contribution in [1.29, 1.82) is 5.41 Å². The second-order valence-electron chi connectivity index (χ2n) is 8.19. The van der Waals surface area contributed by atoms with Crippen molar-refractivity contribution in [2.24, 2.45) is 0 Å². The van der Waals surface area contributed by atoms with E-state index in [4.69, 9.17) is 20.6 Å². The molecule has 0 saturated heterocycles. The van der Waals surface area contributed by atoms with Gasteiger partial charge in [0.1, 0.15) is 18.0 Å². The van der Waals surface area contributed by atoms with Crippen molar-refractivity contribution < 1.29 is 14.3 Å². The van der Waals surface area contributed by atoms with E-state index in [0.717, 1.165) is 30.3 Å². The van der Waals surface area contributed by atoms with E-state index in [1.54, 1.807) is 0 Å². The van der Waals surface area contributed by atoms with Crippen LogP contribution in [0.2, 0.25) is 0 Å². The average molecular weight is 497 g/mol. The highest BCUT2D eigenvalue weighted by Gasteiger charge is 2.17. The Bertz CT molecular complexity index is 1080. The van der Waals surface area contributed by atoms with E-state index in [1.165, 1.54) is 6.33 Å². The number of likely N-dealkylation sites (N-methyl/N-ethyl adjacent to an activating group) is 1. The predicted octanol–water partition coefficient (Wildman–Crippen LogP) is 1.91. The van der Waals surface area contributed by atoms with Crippen molar-refractivity contribution >= 4 is 34.2 Å². The van der Waals surface area contributed by atoms with E-state index in [1.807, 2.05) is 37.4 Å². The number of ether oxygens (including phenoxy) is 2. The summed E-state index contributed by atoms with van der Waals surface area (Å²) in [4.78, 5) is 23.6. The van der Waals surface area contributed by atoms with E-state index in [0.29, 0.717) is 63.0 Å². The summed E-state index contributed by atoms with van der Waals surface area (Å²) in [6, 6.07) is 9.77. The minimum Gasteiger partial charge on any atom is -0.383 e. The highest BCUT2D eigenvalue weighted by atomic mass is 16.5. The van der Waals surface area contributed by atoms with E-state index >= 15 is 0 Å². The number of aromatic amines is 1. The molecule has 0 radical (unpaired) electrons. The molecule has 11 nitrogen and oxygen atoms in total. The molecule has 0 atom stereocenters. The Hall–Kier alpha value is -3.54. The Labute approximate surface area is 211 Å². The summed E-state index contributed by atoms with van der Waals surface area (Å²) in [5.41, 5.74) is 8.40. The predicted molar refractivity (Wildman–Crippen MR) is 142 cm³/mol. The van der Waals surface area contributed by atoms with Crippen molar-refractivity contribution in [2.75, 3.05) is 64.2 Å². The van der Waals surface area contributed by atoms with Gasteiger partial charge in [0.15, 0.2) is 0 Å². The van der Waals surface area contributed by atoms with Crippen LogP contribution in [0.3, 0.4) is 0 Å². The molecule has 0 aliphatic carbocycles. The smallest absolute Gasteiger partial charge is 0.222 e. The van der Waals surface area contributed by atoms with Crippen LogP contribution >= 0.6 is 0 Å². The van der Waals surface area contributed by atoms with Gasteiger partial charge in [0.05, 0.1) is 43.4 Å². The summed E-state index contributed by atoms with van der Waals surface area (Å²) in [6.07, 6.45) is 3.32. The Kier molecular flexibility index (Phi) is 11.1. The minimum absolute atomic E-state index is 0.0308. The number of nitrogens with two attached hydrogens (primary N) is 1. The fourth-order valence-corrected chi connectivity index (χ4v) is 3.56. The molecule has 3 rings (SSSR count). The Morgan fingerprint density at radius 3 is 2.64 bits per heavy atom. The Balaban J connectivity index is 1.36. The maximum atomic E-state index is 11.9. The molecule has 194 valence electrons. The molecule has 0 fully saturated rings. The van der Waals surface area contributed by atoms with Gasteiger partial charge >= 0.3 is 0 Å².